The van der Waals surface area contributed by atoms with Crippen LogP contribution < -0.4 is 24.6 Å². The highest BCUT2D eigenvalue weighted by Crippen LogP contribution is 2.32. The summed E-state index contributed by atoms with van der Waals surface area (Å²) in [6.45, 7) is 7.83. The molecule has 2 aliphatic heterocycles. The first-order valence-electron chi connectivity index (χ1n) is 10.2. The first-order valence-corrected chi connectivity index (χ1v) is 10.6. The molecule has 1 fully saturated rings. The van der Waals surface area contributed by atoms with Gasteiger partial charge in [0.1, 0.15) is 32.7 Å². The Kier molecular flexibility index (Phi) is 6.23. The molecule has 0 aromatic heterocycles. The van der Waals surface area contributed by atoms with E-state index < -0.39 is 0 Å². The van der Waals surface area contributed by atoms with Gasteiger partial charge in [-0.25, -0.2) is 0 Å². The third-order valence-corrected chi connectivity index (χ3v) is 6.28. The van der Waals surface area contributed by atoms with Gasteiger partial charge in [-0.1, -0.05) is 29.8 Å². The van der Waals surface area contributed by atoms with Crippen molar-refractivity contribution < 1.29 is 24.1 Å². The monoisotopic (exact) mass is 417 g/mol. The minimum Gasteiger partial charge on any atom is -0.454 e. The van der Waals surface area contributed by atoms with Gasteiger partial charge in [0.25, 0.3) is 5.91 Å². The largest absolute Gasteiger partial charge is 0.454 e. The van der Waals surface area contributed by atoms with E-state index in [4.69, 9.17) is 21.1 Å². The van der Waals surface area contributed by atoms with Crippen LogP contribution in [0.25, 0.3) is 0 Å². The van der Waals surface area contributed by atoms with Gasteiger partial charge >= 0.3 is 0 Å². The molecule has 2 aliphatic rings. The number of quaternary nitrogens is 2. The zero-order valence-corrected chi connectivity index (χ0v) is 17.4. The van der Waals surface area contributed by atoms with Crippen LogP contribution in [0.4, 0.5) is 0 Å². The lowest BCUT2D eigenvalue weighted by molar-refractivity contribution is -1.02. The highest BCUT2D eigenvalue weighted by molar-refractivity contribution is 6.31. The Morgan fingerprint density at radius 1 is 1.10 bits per heavy atom. The zero-order chi connectivity index (χ0) is 20.2. The Morgan fingerprint density at radius 3 is 2.66 bits per heavy atom. The van der Waals surface area contributed by atoms with Crippen LogP contribution in [-0.2, 0) is 17.9 Å². The van der Waals surface area contributed by atoms with Gasteiger partial charge in [0.15, 0.2) is 17.5 Å². The predicted octanol–water partition coefficient (Wildman–Crippen LogP) is 0.0570. The van der Waals surface area contributed by atoms with E-state index in [0.717, 1.165) is 49.8 Å². The average Bonchev–Trinajstić information content (AvgIpc) is 3.21. The first-order chi connectivity index (χ1) is 14.1. The van der Waals surface area contributed by atoms with Crippen LogP contribution in [0.15, 0.2) is 42.5 Å². The van der Waals surface area contributed by atoms with Crippen molar-refractivity contribution in [3.8, 4) is 11.5 Å². The molecule has 2 aromatic rings. The molecule has 0 saturated carbocycles. The number of halogens is 1. The first kappa shape index (κ1) is 20.0. The number of hydrogen-bond donors (Lipinski definition) is 3. The number of carbonyl (C=O) groups is 1. The summed E-state index contributed by atoms with van der Waals surface area (Å²) in [5.41, 5.74) is 2.21. The molecule has 0 radical (unpaired) electrons. The molecule has 1 amide bonds. The van der Waals surface area contributed by atoms with Crippen molar-refractivity contribution in [2.45, 2.75) is 26.1 Å². The molecule has 4 rings (SSSR count). The van der Waals surface area contributed by atoms with Crippen LogP contribution >= 0.6 is 11.6 Å². The fourth-order valence-electron chi connectivity index (χ4n) is 4.04. The number of nitrogens with one attached hydrogen (secondary N) is 3. The van der Waals surface area contributed by atoms with Crippen molar-refractivity contribution in [1.82, 2.24) is 5.32 Å². The summed E-state index contributed by atoms with van der Waals surface area (Å²) in [7, 11) is 0. The molecule has 29 heavy (non-hydrogen) atoms. The molecule has 2 heterocycles. The lowest BCUT2D eigenvalue weighted by Crippen LogP contribution is -3.29. The van der Waals surface area contributed by atoms with Crippen molar-refractivity contribution in [3.05, 3.63) is 58.6 Å². The van der Waals surface area contributed by atoms with Crippen molar-refractivity contribution in [2.75, 3.05) is 33.0 Å². The molecular weight excluding hydrogens is 390 g/mol. The molecule has 3 N–H and O–H groups in total. The average molecular weight is 418 g/mol. The normalized spacial score (nSPS) is 21.6. The second-order valence-corrected chi connectivity index (χ2v) is 8.21. The quantitative estimate of drug-likeness (QED) is 0.623. The number of piperazine rings is 1. The fraction of sp³-hybridized carbons (Fsp3) is 0.409. The Hall–Kier alpha value is -2.28. The standard InChI is InChI=1S/C22H26ClN3O3/c1-16(22(27)24-13-18-4-2-3-5-19(18)23)26-10-8-25(9-11-26)14-17-6-7-20-21(12-17)29-15-28-20/h2-7,12,16H,8-11,13-15H2,1H3,(H,24,27)/p+2/t16-/m0/s1. The van der Waals surface area contributed by atoms with Gasteiger partial charge in [-0.15, -0.1) is 0 Å². The van der Waals surface area contributed by atoms with E-state index in [-0.39, 0.29) is 11.9 Å². The van der Waals surface area contributed by atoms with Crippen LogP contribution in [0.3, 0.4) is 0 Å². The Bertz CT molecular complexity index is 868. The molecule has 154 valence electrons. The van der Waals surface area contributed by atoms with E-state index in [9.17, 15) is 4.79 Å². The smallest absolute Gasteiger partial charge is 0.278 e. The summed E-state index contributed by atoms with van der Waals surface area (Å²) in [6, 6.07) is 13.7. The molecule has 0 spiro atoms. The third kappa shape index (κ3) is 4.83. The third-order valence-electron chi connectivity index (χ3n) is 5.91. The van der Waals surface area contributed by atoms with Crippen molar-refractivity contribution >= 4 is 17.5 Å². The van der Waals surface area contributed by atoms with Crippen LogP contribution in [0.1, 0.15) is 18.1 Å². The highest BCUT2D eigenvalue weighted by Gasteiger charge is 2.31. The molecule has 2 aromatic carbocycles. The van der Waals surface area contributed by atoms with Gasteiger partial charge in [0.2, 0.25) is 6.79 Å². The summed E-state index contributed by atoms with van der Waals surface area (Å²) in [5, 5.41) is 3.72. The number of ether oxygens (including phenoxy) is 2. The van der Waals surface area contributed by atoms with E-state index in [1.165, 1.54) is 15.4 Å². The molecule has 0 aliphatic carbocycles. The van der Waals surface area contributed by atoms with Gasteiger partial charge in [-0.3, -0.25) is 4.79 Å². The summed E-state index contributed by atoms with van der Waals surface area (Å²) < 4.78 is 10.9. The SMILES string of the molecule is C[C@@H](C(=O)NCc1ccccc1Cl)[NH+]1CC[NH+](Cc2ccc3c(c2)OCO3)CC1. The number of benzene rings is 2. The number of carbonyl (C=O) groups excluding carboxylic acids is 1. The molecular formula is C22H28ClN3O3+2. The van der Waals surface area contributed by atoms with Gasteiger partial charge in [-0.2, -0.15) is 0 Å². The molecule has 1 atom stereocenters. The summed E-state index contributed by atoms with van der Waals surface area (Å²) in [6.07, 6.45) is 0. The van der Waals surface area contributed by atoms with Crippen LogP contribution in [0.2, 0.25) is 5.02 Å². The van der Waals surface area contributed by atoms with E-state index in [1.54, 1.807) is 0 Å². The van der Waals surface area contributed by atoms with Crippen molar-refractivity contribution in [2.24, 2.45) is 0 Å². The molecule has 6 nitrogen and oxygen atoms in total. The van der Waals surface area contributed by atoms with Gasteiger partial charge < -0.3 is 24.6 Å². The second kappa shape index (κ2) is 9.03. The number of hydrogen-bond acceptors (Lipinski definition) is 3. The molecule has 7 heteroatoms. The summed E-state index contributed by atoms with van der Waals surface area (Å²) in [4.78, 5) is 15.5. The minimum atomic E-state index is -0.0652. The predicted molar refractivity (Wildman–Crippen MR) is 110 cm³/mol. The second-order valence-electron chi connectivity index (χ2n) is 7.80. The van der Waals surface area contributed by atoms with Crippen molar-refractivity contribution in [1.29, 1.82) is 0 Å². The Balaban J connectivity index is 1.24. The zero-order valence-electron chi connectivity index (χ0n) is 16.7. The van der Waals surface area contributed by atoms with Gasteiger partial charge in [0.05, 0.1) is 0 Å². The highest BCUT2D eigenvalue weighted by atomic mass is 35.5. The van der Waals surface area contributed by atoms with Gasteiger partial charge in [0, 0.05) is 17.1 Å². The van der Waals surface area contributed by atoms with Gasteiger partial charge in [-0.05, 0) is 36.8 Å². The summed E-state index contributed by atoms with van der Waals surface area (Å²) in [5.74, 6) is 1.75. The number of fused-ring (bicyclic) bond motifs is 1. The van der Waals surface area contributed by atoms with Crippen molar-refractivity contribution in [3.63, 3.8) is 0 Å². The van der Waals surface area contributed by atoms with Crippen LogP contribution in [0.5, 0.6) is 11.5 Å². The van der Waals surface area contributed by atoms with E-state index in [2.05, 4.69) is 17.4 Å². The lowest BCUT2D eigenvalue weighted by atomic mass is 10.1. The fourth-order valence-corrected chi connectivity index (χ4v) is 4.24. The van der Waals surface area contributed by atoms with Crippen LogP contribution in [-0.4, -0.2) is 44.9 Å². The maximum atomic E-state index is 12.6. The Labute approximate surface area is 176 Å². The van der Waals surface area contributed by atoms with Crippen LogP contribution in [0, 0.1) is 0 Å². The van der Waals surface area contributed by atoms with E-state index in [0.29, 0.717) is 18.4 Å². The van der Waals surface area contributed by atoms with E-state index >= 15 is 0 Å². The molecule has 0 bridgehead atoms. The minimum absolute atomic E-state index is 0.0652. The Morgan fingerprint density at radius 2 is 1.86 bits per heavy atom. The maximum Gasteiger partial charge on any atom is 0.278 e. The number of amides is 1. The molecule has 1 saturated heterocycles. The van der Waals surface area contributed by atoms with E-state index in [1.807, 2.05) is 37.3 Å². The maximum absolute atomic E-state index is 12.6. The summed E-state index contributed by atoms with van der Waals surface area (Å²) >= 11 is 6.18. The topological polar surface area (TPSA) is 56.4 Å². The number of rotatable bonds is 6. The lowest BCUT2D eigenvalue weighted by Gasteiger charge is -2.32. The molecule has 0 unspecified atom stereocenters.